The van der Waals surface area contributed by atoms with E-state index in [0.717, 1.165) is 5.69 Å². The molecule has 0 bridgehead atoms. The number of ether oxygens (including phenoxy) is 1. The first-order valence-electron chi connectivity index (χ1n) is 7.65. The van der Waals surface area contributed by atoms with Gasteiger partial charge in [-0.05, 0) is 55.0 Å². The maximum Gasteiger partial charge on any atom is 0.341 e. The number of carbonyl (C=O) groups is 1. The van der Waals surface area contributed by atoms with E-state index in [0.29, 0.717) is 23.6 Å². The number of carboxylic acids is 1. The van der Waals surface area contributed by atoms with E-state index in [1.807, 2.05) is 18.2 Å². The Kier molecular flexibility index (Phi) is 4.61. The molecule has 0 aliphatic heterocycles. The Morgan fingerprint density at radius 3 is 2.56 bits per heavy atom. The summed E-state index contributed by atoms with van der Waals surface area (Å²) < 4.78 is 6.95. The van der Waals surface area contributed by atoms with Gasteiger partial charge in [-0.15, -0.1) is 0 Å². The van der Waals surface area contributed by atoms with Crippen LogP contribution in [0.15, 0.2) is 65.7 Å². The van der Waals surface area contributed by atoms with Gasteiger partial charge in [-0.2, -0.15) is 0 Å². The highest BCUT2D eigenvalue weighted by Gasteiger charge is 2.15. The summed E-state index contributed by atoms with van der Waals surface area (Å²) >= 11 is 0. The number of nitrogens with zero attached hydrogens (tertiary/aromatic N) is 2. The van der Waals surface area contributed by atoms with Crippen molar-refractivity contribution in [1.29, 1.82) is 0 Å². The molecule has 3 aromatic rings. The largest absolute Gasteiger partial charge is 0.487 e. The van der Waals surface area contributed by atoms with Crippen molar-refractivity contribution in [3.05, 3.63) is 88.1 Å². The monoisotopic (exact) mass is 336 g/mol. The van der Waals surface area contributed by atoms with Gasteiger partial charge in [0.05, 0.1) is 5.69 Å². The van der Waals surface area contributed by atoms with Gasteiger partial charge in [0.15, 0.2) is 0 Å². The normalized spacial score (nSPS) is 10.4. The molecule has 25 heavy (non-hydrogen) atoms. The zero-order valence-corrected chi connectivity index (χ0v) is 13.5. The predicted octanol–water partition coefficient (Wildman–Crippen LogP) is 2.82. The van der Waals surface area contributed by atoms with E-state index in [9.17, 15) is 14.7 Å². The fraction of sp³-hybridized carbons (Fsp3) is 0.105. The highest BCUT2D eigenvalue weighted by atomic mass is 16.5. The fourth-order valence-electron chi connectivity index (χ4n) is 2.43. The molecule has 0 atom stereocenters. The van der Waals surface area contributed by atoms with Gasteiger partial charge in [0.2, 0.25) is 0 Å². The number of carboxylic acid groups (broad SMARTS) is 1. The van der Waals surface area contributed by atoms with Gasteiger partial charge in [-0.3, -0.25) is 14.3 Å². The van der Waals surface area contributed by atoms with Crippen molar-refractivity contribution < 1.29 is 14.6 Å². The number of hydrogen-bond donors (Lipinski definition) is 1. The lowest BCUT2D eigenvalue weighted by atomic mass is 10.1. The van der Waals surface area contributed by atoms with Crippen molar-refractivity contribution in [2.45, 2.75) is 13.5 Å². The summed E-state index contributed by atoms with van der Waals surface area (Å²) in [5.74, 6) is -0.597. The number of aromatic carboxylic acids is 1. The minimum absolute atomic E-state index is 0.224. The summed E-state index contributed by atoms with van der Waals surface area (Å²) in [5.41, 5.74) is 1.03. The summed E-state index contributed by atoms with van der Waals surface area (Å²) in [6.07, 6.45) is 3.26. The SMILES string of the molecule is Cc1ccn(-c2ccc(OCc3ccccn3)cc2)c(=O)c1C(=O)O. The van der Waals surface area contributed by atoms with Crippen LogP contribution in [0.4, 0.5) is 0 Å². The molecular weight excluding hydrogens is 320 g/mol. The number of aryl methyl sites for hydroxylation is 1. The molecule has 0 amide bonds. The van der Waals surface area contributed by atoms with Crippen molar-refractivity contribution >= 4 is 5.97 Å². The zero-order valence-electron chi connectivity index (χ0n) is 13.5. The lowest BCUT2D eigenvalue weighted by Crippen LogP contribution is -2.25. The van der Waals surface area contributed by atoms with E-state index in [1.54, 1.807) is 49.6 Å². The fourth-order valence-corrected chi connectivity index (χ4v) is 2.43. The number of pyridine rings is 2. The number of hydrogen-bond acceptors (Lipinski definition) is 4. The van der Waals surface area contributed by atoms with E-state index in [1.165, 1.54) is 4.57 Å². The Morgan fingerprint density at radius 2 is 1.92 bits per heavy atom. The maximum atomic E-state index is 12.4. The molecule has 126 valence electrons. The molecule has 6 nitrogen and oxygen atoms in total. The second-order valence-electron chi connectivity index (χ2n) is 5.46. The molecule has 2 aromatic heterocycles. The van der Waals surface area contributed by atoms with Gasteiger partial charge in [0.25, 0.3) is 5.56 Å². The zero-order chi connectivity index (χ0) is 17.8. The smallest absolute Gasteiger partial charge is 0.341 e. The van der Waals surface area contributed by atoms with E-state index < -0.39 is 11.5 Å². The Balaban J connectivity index is 1.82. The summed E-state index contributed by atoms with van der Waals surface area (Å²) in [5, 5.41) is 9.20. The van der Waals surface area contributed by atoms with Gasteiger partial charge in [-0.25, -0.2) is 4.79 Å². The summed E-state index contributed by atoms with van der Waals surface area (Å²) in [6.45, 7) is 1.94. The van der Waals surface area contributed by atoms with Gasteiger partial charge >= 0.3 is 5.97 Å². The van der Waals surface area contributed by atoms with Crippen molar-refractivity contribution in [2.75, 3.05) is 0 Å². The molecule has 3 rings (SSSR count). The molecule has 0 fully saturated rings. The minimum atomic E-state index is -1.23. The Labute approximate surface area is 144 Å². The molecule has 0 aliphatic rings. The molecule has 0 saturated carbocycles. The summed E-state index contributed by atoms with van der Waals surface area (Å²) in [6, 6.07) is 14.1. The quantitative estimate of drug-likeness (QED) is 0.775. The van der Waals surface area contributed by atoms with Crippen LogP contribution in [0.25, 0.3) is 5.69 Å². The van der Waals surface area contributed by atoms with Crippen LogP contribution >= 0.6 is 0 Å². The van der Waals surface area contributed by atoms with Crippen LogP contribution in [-0.2, 0) is 6.61 Å². The van der Waals surface area contributed by atoms with Gasteiger partial charge in [0, 0.05) is 18.1 Å². The van der Waals surface area contributed by atoms with Crippen LogP contribution in [0, 0.1) is 6.92 Å². The standard InChI is InChI=1S/C19H16N2O4/c1-13-9-11-21(18(22)17(13)19(23)24)15-5-7-16(8-6-15)25-12-14-4-2-3-10-20-14/h2-11H,12H2,1H3,(H,23,24). The Bertz CT molecular complexity index is 947. The highest BCUT2D eigenvalue weighted by Crippen LogP contribution is 2.16. The van der Waals surface area contributed by atoms with Gasteiger partial charge < -0.3 is 9.84 Å². The Morgan fingerprint density at radius 1 is 1.16 bits per heavy atom. The first-order chi connectivity index (χ1) is 12.1. The number of aromatic nitrogens is 2. The molecule has 1 N–H and O–H groups in total. The average molecular weight is 336 g/mol. The topological polar surface area (TPSA) is 81.4 Å². The second kappa shape index (κ2) is 7.00. The average Bonchev–Trinajstić information content (AvgIpc) is 2.61. The maximum absolute atomic E-state index is 12.4. The lowest BCUT2D eigenvalue weighted by Gasteiger charge is -2.10. The predicted molar refractivity (Wildman–Crippen MR) is 92.3 cm³/mol. The third-order valence-electron chi connectivity index (χ3n) is 3.74. The van der Waals surface area contributed by atoms with Crippen LogP contribution in [0.2, 0.25) is 0 Å². The third-order valence-corrected chi connectivity index (χ3v) is 3.74. The molecule has 0 radical (unpaired) electrons. The van der Waals surface area contributed by atoms with E-state index in [4.69, 9.17) is 4.74 Å². The first-order valence-corrected chi connectivity index (χ1v) is 7.65. The second-order valence-corrected chi connectivity index (χ2v) is 5.46. The van der Waals surface area contributed by atoms with Crippen molar-refractivity contribution in [1.82, 2.24) is 9.55 Å². The van der Waals surface area contributed by atoms with Crippen LogP contribution in [0.1, 0.15) is 21.6 Å². The summed E-state index contributed by atoms with van der Waals surface area (Å²) in [7, 11) is 0. The van der Waals surface area contributed by atoms with Crippen molar-refractivity contribution in [3.63, 3.8) is 0 Å². The van der Waals surface area contributed by atoms with Crippen LogP contribution in [-0.4, -0.2) is 20.6 Å². The Hall–Kier alpha value is -3.41. The van der Waals surface area contributed by atoms with E-state index >= 15 is 0 Å². The summed E-state index contributed by atoms with van der Waals surface area (Å²) in [4.78, 5) is 27.8. The molecular formula is C19H16N2O4. The van der Waals surface area contributed by atoms with E-state index in [-0.39, 0.29) is 5.56 Å². The molecule has 2 heterocycles. The van der Waals surface area contributed by atoms with Crippen LogP contribution in [0.5, 0.6) is 5.75 Å². The highest BCUT2D eigenvalue weighted by molar-refractivity contribution is 5.88. The number of benzene rings is 1. The molecule has 1 aromatic carbocycles. The lowest BCUT2D eigenvalue weighted by molar-refractivity contribution is 0.0693. The third kappa shape index (κ3) is 3.58. The van der Waals surface area contributed by atoms with E-state index in [2.05, 4.69) is 4.98 Å². The molecule has 0 aliphatic carbocycles. The molecule has 0 unspecified atom stereocenters. The van der Waals surface area contributed by atoms with Crippen LogP contribution in [0.3, 0.4) is 0 Å². The molecule has 0 spiro atoms. The van der Waals surface area contributed by atoms with Crippen molar-refractivity contribution in [2.24, 2.45) is 0 Å². The minimum Gasteiger partial charge on any atom is -0.487 e. The number of rotatable bonds is 5. The van der Waals surface area contributed by atoms with Gasteiger partial charge in [0.1, 0.15) is 17.9 Å². The molecule has 0 saturated heterocycles. The van der Waals surface area contributed by atoms with Crippen LogP contribution < -0.4 is 10.3 Å². The van der Waals surface area contributed by atoms with Crippen molar-refractivity contribution in [3.8, 4) is 11.4 Å². The first kappa shape index (κ1) is 16.4. The van der Waals surface area contributed by atoms with Gasteiger partial charge in [-0.1, -0.05) is 6.07 Å². The molecule has 6 heteroatoms.